The first-order valence-electron chi connectivity index (χ1n) is 20.5. The van der Waals surface area contributed by atoms with Crippen molar-refractivity contribution in [3.8, 4) is 6.07 Å². The summed E-state index contributed by atoms with van der Waals surface area (Å²) in [5, 5.41) is 15.2. The Morgan fingerprint density at radius 1 is 0.810 bits per heavy atom. The lowest BCUT2D eigenvalue weighted by molar-refractivity contribution is -0.136. The zero-order valence-corrected chi connectivity index (χ0v) is 33.5. The molecule has 1 atom stereocenters. The van der Waals surface area contributed by atoms with Crippen LogP contribution >= 0.6 is 11.6 Å². The molecule has 3 aromatic rings. The number of carbonyl (C=O) groups excluding carboxylic acids is 5. The number of nitrogens with one attached hydrogen (secondary N) is 2. The van der Waals surface area contributed by atoms with Crippen LogP contribution in [0.3, 0.4) is 0 Å². The van der Waals surface area contributed by atoms with Crippen molar-refractivity contribution in [3.63, 3.8) is 0 Å². The second kappa shape index (κ2) is 16.8. The van der Waals surface area contributed by atoms with Crippen LogP contribution in [0.25, 0.3) is 0 Å². The summed E-state index contributed by atoms with van der Waals surface area (Å²) in [6.45, 7) is 6.42. The van der Waals surface area contributed by atoms with Crippen molar-refractivity contribution in [1.29, 1.82) is 5.26 Å². The van der Waals surface area contributed by atoms with Crippen LogP contribution in [0.15, 0.2) is 60.7 Å². The van der Waals surface area contributed by atoms with Gasteiger partial charge in [0.1, 0.15) is 12.1 Å². The van der Waals surface area contributed by atoms with Crippen molar-refractivity contribution in [1.82, 2.24) is 20.4 Å². The van der Waals surface area contributed by atoms with Gasteiger partial charge in [-0.3, -0.25) is 39.1 Å². The zero-order chi connectivity index (χ0) is 40.5. The summed E-state index contributed by atoms with van der Waals surface area (Å²) in [4.78, 5) is 74.1. The average molecular weight is 805 g/mol. The number of carbonyl (C=O) groups is 5. The molecule has 4 heterocycles. The molecule has 1 saturated carbocycles. The van der Waals surface area contributed by atoms with E-state index in [2.05, 4.69) is 55.5 Å². The van der Waals surface area contributed by atoms with Crippen molar-refractivity contribution in [2.75, 3.05) is 67.6 Å². The number of amides is 5. The molecule has 13 nitrogen and oxygen atoms in total. The Hall–Kier alpha value is -5.45. The van der Waals surface area contributed by atoms with Crippen LogP contribution in [0.1, 0.15) is 88.0 Å². The Balaban J connectivity index is 0.757. The third kappa shape index (κ3) is 8.13. The minimum absolute atomic E-state index is 0.0304. The molecule has 3 aromatic carbocycles. The maximum atomic E-state index is 13.3. The second-order valence-electron chi connectivity index (χ2n) is 16.3. The second-order valence-corrected chi connectivity index (χ2v) is 16.7. The molecule has 8 rings (SSSR count). The van der Waals surface area contributed by atoms with E-state index >= 15 is 0 Å². The van der Waals surface area contributed by atoms with E-state index in [1.165, 1.54) is 0 Å². The van der Waals surface area contributed by atoms with Gasteiger partial charge >= 0.3 is 0 Å². The summed E-state index contributed by atoms with van der Waals surface area (Å²) in [6, 6.07) is 20.5. The van der Waals surface area contributed by atoms with Gasteiger partial charge in [-0.05, 0) is 112 Å². The van der Waals surface area contributed by atoms with E-state index in [1.54, 1.807) is 18.2 Å². The van der Waals surface area contributed by atoms with Crippen LogP contribution in [0.4, 0.5) is 17.1 Å². The Morgan fingerprint density at radius 2 is 1.48 bits per heavy atom. The van der Waals surface area contributed by atoms with E-state index < -0.39 is 23.8 Å². The number of imide groups is 2. The smallest absolute Gasteiger partial charge is 0.262 e. The molecule has 302 valence electrons. The Bertz CT molecular complexity index is 2130. The van der Waals surface area contributed by atoms with Gasteiger partial charge < -0.3 is 20.0 Å². The molecule has 0 spiro atoms. The van der Waals surface area contributed by atoms with E-state index in [1.807, 2.05) is 30.3 Å². The molecule has 2 N–H and O–H groups in total. The molecular weight excluding hydrogens is 756 g/mol. The van der Waals surface area contributed by atoms with Gasteiger partial charge in [0, 0.05) is 94.0 Å². The quantitative estimate of drug-likeness (QED) is 0.288. The van der Waals surface area contributed by atoms with Gasteiger partial charge in [-0.2, -0.15) is 5.26 Å². The number of rotatable bonds is 9. The van der Waals surface area contributed by atoms with Crippen molar-refractivity contribution < 1.29 is 24.0 Å². The zero-order valence-electron chi connectivity index (χ0n) is 32.8. The number of anilines is 3. The van der Waals surface area contributed by atoms with Crippen LogP contribution in [0.5, 0.6) is 0 Å². The molecule has 0 bridgehead atoms. The number of piperazine rings is 1. The number of hydrogen-bond acceptors (Lipinski definition) is 10. The fourth-order valence-corrected chi connectivity index (χ4v) is 9.52. The first kappa shape index (κ1) is 39.4. The molecule has 1 unspecified atom stereocenters. The summed E-state index contributed by atoms with van der Waals surface area (Å²) in [5.41, 5.74) is 4.79. The number of piperidine rings is 2. The standard InChI is InChI=1S/C44H49ClN8O5/c1-49(34-9-4-30(26-46)38(45)25-34)32-10-5-31(6-11-32)47-41(55)29-2-7-33(8-3-29)51-18-16-28(17-19-51)27-50-20-22-52(23-21-50)35-12-13-36-37(24-35)44(58)53(43(36)57)39-14-15-40(54)48-42(39)56/h2-4,7-9,12-13,24-25,28,31-32,39H,5-6,10-11,14-23,27H2,1H3,(H,47,55)(H,48,54,56)/t31-,32-,39?. The molecule has 0 aromatic heterocycles. The minimum atomic E-state index is -0.969. The largest absolute Gasteiger partial charge is 0.372 e. The van der Waals surface area contributed by atoms with Gasteiger partial charge in [0.05, 0.1) is 21.7 Å². The highest BCUT2D eigenvalue weighted by Crippen LogP contribution is 2.33. The van der Waals surface area contributed by atoms with Crippen LogP contribution in [-0.2, 0) is 9.59 Å². The van der Waals surface area contributed by atoms with Crippen LogP contribution in [-0.4, -0.2) is 110 Å². The fraction of sp³-hybridized carbons (Fsp3) is 0.455. The van der Waals surface area contributed by atoms with Gasteiger partial charge in [-0.15, -0.1) is 0 Å². The number of hydrogen-bond donors (Lipinski definition) is 2. The van der Waals surface area contributed by atoms with Gasteiger partial charge in [0.25, 0.3) is 17.7 Å². The molecular formula is C44H49ClN8O5. The van der Waals surface area contributed by atoms with E-state index in [0.717, 1.165) is 106 Å². The van der Waals surface area contributed by atoms with E-state index in [-0.39, 0.29) is 30.7 Å². The lowest BCUT2D eigenvalue weighted by Gasteiger charge is -2.40. The van der Waals surface area contributed by atoms with Gasteiger partial charge in [-0.1, -0.05) is 11.6 Å². The van der Waals surface area contributed by atoms with E-state index in [9.17, 15) is 29.2 Å². The van der Waals surface area contributed by atoms with Crippen molar-refractivity contribution >= 4 is 58.2 Å². The average Bonchev–Trinajstić information content (AvgIpc) is 3.49. The lowest BCUT2D eigenvalue weighted by atomic mass is 9.90. The van der Waals surface area contributed by atoms with Crippen LogP contribution in [0, 0.1) is 17.2 Å². The summed E-state index contributed by atoms with van der Waals surface area (Å²) in [6.07, 6.45) is 6.17. The number of nitrogens with zero attached hydrogens (tertiary/aromatic N) is 6. The fourth-order valence-electron chi connectivity index (χ4n) is 9.31. The number of nitriles is 1. The maximum Gasteiger partial charge on any atom is 0.262 e. The lowest BCUT2D eigenvalue weighted by Crippen LogP contribution is -2.54. The number of benzene rings is 3. The van der Waals surface area contributed by atoms with Crippen molar-refractivity contribution in [3.05, 3.63) is 87.9 Å². The van der Waals surface area contributed by atoms with Crippen LogP contribution < -0.4 is 25.3 Å². The maximum absolute atomic E-state index is 13.3. The Labute approximate surface area is 343 Å². The predicted octanol–water partition coefficient (Wildman–Crippen LogP) is 4.83. The molecule has 58 heavy (non-hydrogen) atoms. The van der Waals surface area contributed by atoms with Gasteiger partial charge in [-0.25, -0.2) is 0 Å². The monoisotopic (exact) mass is 804 g/mol. The molecule has 4 aliphatic heterocycles. The first-order valence-corrected chi connectivity index (χ1v) is 20.9. The highest BCUT2D eigenvalue weighted by molar-refractivity contribution is 6.32. The molecule has 5 amide bonds. The SMILES string of the molecule is CN(c1ccc(C#N)c(Cl)c1)[C@H]1CC[C@H](NC(=O)c2ccc(N3CCC(CN4CCN(c5ccc6c(c5)C(=O)N(C5CCC(=O)NC5=O)C6=O)CC4)CC3)cc2)CC1. The third-order valence-electron chi connectivity index (χ3n) is 12.8. The summed E-state index contributed by atoms with van der Waals surface area (Å²) in [7, 11) is 2.06. The first-order chi connectivity index (χ1) is 28.1. The summed E-state index contributed by atoms with van der Waals surface area (Å²) in [5.74, 6) is -1.39. The summed E-state index contributed by atoms with van der Waals surface area (Å²) < 4.78 is 0. The summed E-state index contributed by atoms with van der Waals surface area (Å²) >= 11 is 6.27. The minimum Gasteiger partial charge on any atom is -0.372 e. The molecule has 0 radical (unpaired) electrons. The Kier molecular flexibility index (Phi) is 11.4. The molecule has 3 saturated heterocycles. The van der Waals surface area contributed by atoms with Gasteiger partial charge in [0.15, 0.2) is 0 Å². The predicted molar refractivity (Wildman–Crippen MR) is 221 cm³/mol. The van der Waals surface area contributed by atoms with Crippen LogP contribution in [0.2, 0.25) is 5.02 Å². The number of fused-ring (bicyclic) bond motifs is 1. The van der Waals surface area contributed by atoms with Crippen molar-refractivity contribution in [2.24, 2.45) is 5.92 Å². The van der Waals surface area contributed by atoms with E-state index in [4.69, 9.17) is 11.6 Å². The number of halogens is 1. The molecule has 14 heteroatoms. The highest BCUT2D eigenvalue weighted by atomic mass is 35.5. The highest BCUT2D eigenvalue weighted by Gasteiger charge is 2.45. The Morgan fingerprint density at radius 3 is 2.16 bits per heavy atom. The van der Waals surface area contributed by atoms with Gasteiger partial charge in [0.2, 0.25) is 11.8 Å². The topological polar surface area (TPSA) is 149 Å². The normalized spacial score (nSPS) is 23.1. The molecule has 5 aliphatic rings. The third-order valence-corrected chi connectivity index (χ3v) is 13.2. The van der Waals surface area contributed by atoms with Crippen molar-refractivity contribution in [2.45, 2.75) is 69.5 Å². The van der Waals surface area contributed by atoms with E-state index in [0.29, 0.717) is 39.2 Å². The molecule has 4 fully saturated rings. The molecule has 1 aliphatic carbocycles.